The van der Waals surface area contributed by atoms with Crippen molar-refractivity contribution in [2.75, 3.05) is 13.7 Å². The molecule has 0 saturated heterocycles. The van der Waals surface area contributed by atoms with Crippen LogP contribution in [0.3, 0.4) is 0 Å². The summed E-state index contributed by atoms with van der Waals surface area (Å²) < 4.78 is 10.7. The first kappa shape index (κ1) is 14.0. The van der Waals surface area contributed by atoms with Crippen LogP contribution in [0.15, 0.2) is 42.0 Å². The number of phenols is 2. The molecule has 112 valence electrons. The Morgan fingerprint density at radius 1 is 1.23 bits per heavy atom. The Balaban J connectivity index is 2.00. The highest BCUT2D eigenvalue weighted by molar-refractivity contribution is 6.13. The average Bonchev–Trinajstić information content (AvgIpc) is 2.55. The van der Waals surface area contributed by atoms with Crippen molar-refractivity contribution >= 4 is 11.9 Å². The molecule has 1 aliphatic rings. The summed E-state index contributed by atoms with van der Waals surface area (Å²) in [6.07, 6.45) is 1.70. The first-order valence-electron chi connectivity index (χ1n) is 6.67. The van der Waals surface area contributed by atoms with Crippen LogP contribution in [0.1, 0.15) is 15.9 Å². The van der Waals surface area contributed by atoms with Gasteiger partial charge in [-0.05, 0) is 36.4 Å². The molecule has 0 saturated carbocycles. The number of phenolic OH excluding ortho intramolecular Hbond substituents is 2. The first-order chi connectivity index (χ1) is 10.6. The van der Waals surface area contributed by atoms with Crippen LogP contribution in [0.2, 0.25) is 0 Å². The summed E-state index contributed by atoms with van der Waals surface area (Å²) in [4.78, 5) is 12.5. The lowest BCUT2D eigenvalue weighted by atomic mass is 9.98. The zero-order chi connectivity index (χ0) is 15.7. The highest BCUT2D eigenvalue weighted by atomic mass is 16.5. The predicted octanol–water partition coefficient (Wildman–Crippen LogP) is 2.77. The smallest absolute Gasteiger partial charge is 0.196 e. The predicted molar refractivity (Wildman–Crippen MR) is 80.6 cm³/mol. The van der Waals surface area contributed by atoms with Crippen LogP contribution < -0.4 is 9.47 Å². The maximum atomic E-state index is 12.5. The molecular weight excluding hydrogens is 284 g/mol. The third-order valence-electron chi connectivity index (χ3n) is 3.48. The zero-order valence-electron chi connectivity index (χ0n) is 11.9. The molecular formula is C17H14O5. The number of ether oxygens (including phenoxy) is 2. The quantitative estimate of drug-likeness (QED) is 0.673. The Morgan fingerprint density at radius 3 is 2.82 bits per heavy atom. The van der Waals surface area contributed by atoms with Gasteiger partial charge in [-0.25, -0.2) is 0 Å². The standard InChI is InChI=1S/C17H14O5/c1-21-12-5-6-15-10(8-12)7-11(9-22-15)16(19)13-3-2-4-14(18)17(13)20/h2-8,18,20H,9H2,1H3. The first-order valence-corrected chi connectivity index (χ1v) is 6.67. The molecule has 2 aromatic carbocycles. The number of rotatable bonds is 3. The topological polar surface area (TPSA) is 76.0 Å². The number of aromatic hydroxyl groups is 2. The van der Waals surface area contributed by atoms with Crippen molar-refractivity contribution in [3.8, 4) is 23.0 Å². The van der Waals surface area contributed by atoms with Crippen molar-refractivity contribution in [3.63, 3.8) is 0 Å². The Morgan fingerprint density at radius 2 is 2.05 bits per heavy atom. The van der Waals surface area contributed by atoms with Crippen molar-refractivity contribution in [3.05, 3.63) is 53.1 Å². The van der Waals surface area contributed by atoms with Crippen molar-refractivity contribution in [2.24, 2.45) is 0 Å². The molecule has 0 unspecified atom stereocenters. The van der Waals surface area contributed by atoms with Crippen molar-refractivity contribution in [2.45, 2.75) is 0 Å². The molecule has 5 nitrogen and oxygen atoms in total. The van der Waals surface area contributed by atoms with Crippen LogP contribution in [0, 0.1) is 0 Å². The molecule has 1 heterocycles. The maximum absolute atomic E-state index is 12.5. The number of carbonyl (C=O) groups is 1. The number of methoxy groups -OCH3 is 1. The van der Waals surface area contributed by atoms with Crippen LogP contribution in [0.5, 0.6) is 23.0 Å². The Hall–Kier alpha value is -2.95. The van der Waals surface area contributed by atoms with Crippen molar-refractivity contribution in [1.29, 1.82) is 0 Å². The number of benzene rings is 2. The fraction of sp³-hybridized carbons (Fsp3) is 0.118. The van der Waals surface area contributed by atoms with E-state index in [0.717, 1.165) is 5.56 Å². The van der Waals surface area contributed by atoms with Gasteiger partial charge in [0.15, 0.2) is 17.3 Å². The average molecular weight is 298 g/mol. The van der Waals surface area contributed by atoms with Gasteiger partial charge in [0.25, 0.3) is 0 Å². The van der Waals surface area contributed by atoms with Gasteiger partial charge in [-0.1, -0.05) is 6.07 Å². The van der Waals surface area contributed by atoms with Gasteiger partial charge in [0.1, 0.15) is 18.1 Å². The molecule has 0 aromatic heterocycles. The molecule has 1 aliphatic heterocycles. The van der Waals surface area contributed by atoms with E-state index >= 15 is 0 Å². The minimum absolute atomic E-state index is 0.0428. The number of carbonyl (C=O) groups excluding carboxylic acids is 1. The Labute approximate surface area is 127 Å². The molecule has 22 heavy (non-hydrogen) atoms. The molecule has 0 amide bonds. The van der Waals surface area contributed by atoms with Gasteiger partial charge in [-0.2, -0.15) is 0 Å². The van der Waals surface area contributed by atoms with E-state index in [1.165, 1.54) is 18.2 Å². The number of hydrogen-bond donors (Lipinski definition) is 2. The van der Waals surface area contributed by atoms with E-state index in [9.17, 15) is 15.0 Å². The van der Waals surface area contributed by atoms with Crippen molar-refractivity contribution < 1.29 is 24.5 Å². The third kappa shape index (κ3) is 2.37. The SMILES string of the molecule is COc1ccc2c(c1)C=C(C(=O)c1cccc(O)c1O)CO2. The second-order valence-corrected chi connectivity index (χ2v) is 4.86. The van der Waals surface area contributed by atoms with Gasteiger partial charge in [-0.15, -0.1) is 0 Å². The van der Waals surface area contributed by atoms with Crippen LogP contribution in [-0.2, 0) is 0 Å². The fourth-order valence-electron chi connectivity index (χ4n) is 2.30. The second-order valence-electron chi connectivity index (χ2n) is 4.86. The summed E-state index contributed by atoms with van der Waals surface area (Å²) in [5, 5.41) is 19.3. The lowest BCUT2D eigenvalue weighted by molar-refractivity contribution is 0.102. The molecule has 2 aromatic rings. The summed E-state index contributed by atoms with van der Waals surface area (Å²) in [5.41, 5.74) is 1.16. The highest BCUT2D eigenvalue weighted by Gasteiger charge is 2.22. The minimum Gasteiger partial charge on any atom is -0.504 e. The van der Waals surface area contributed by atoms with Crippen molar-refractivity contribution in [1.82, 2.24) is 0 Å². The normalized spacial score (nSPS) is 12.9. The molecule has 0 fully saturated rings. The number of ketones is 1. The van der Waals surface area contributed by atoms with Crippen LogP contribution in [0.25, 0.3) is 6.08 Å². The van der Waals surface area contributed by atoms with Gasteiger partial charge in [0.2, 0.25) is 0 Å². The number of fused-ring (bicyclic) bond motifs is 1. The largest absolute Gasteiger partial charge is 0.504 e. The van der Waals surface area contributed by atoms with Gasteiger partial charge in [0, 0.05) is 11.1 Å². The lowest BCUT2D eigenvalue weighted by Gasteiger charge is -2.18. The van der Waals surface area contributed by atoms with Crippen LogP contribution >= 0.6 is 0 Å². The summed E-state index contributed by atoms with van der Waals surface area (Å²) >= 11 is 0. The van der Waals surface area contributed by atoms with Gasteiger partial charge in [-0.3, -0.25) is 4.79 Å². The van der Waals surface area contributed by atoms with E-state index in [-0.39, 0.29) is 23.7 Å². The van der Waals surface area contributed by atoms with E-state index in [4.69, 9.17) is 9.47 Å². The Bertz CT molecular complexity index is 777. The van der Waals surface area contributed by atoms with E-state index < -0.39 is 5.75 Å². The molecule has 0 spiro atoms. The Kier molecular flexibility index (Phi) is 3.47. The number of Topliss-reactive ketones (excluding diaryl/α,β-unsaturated/α-hetero) is 1. The van der Waals surface area contributed by atoms with Gasteiger partial charge in [0.05, 0.1) is 12.7 Å². The summed E-state index contributed by atoms with van der Waals surface area (Å²) in [6, 6.07) is 9.60. The molecule has 3 rings (SSSR count). The van der Waals surface area contributed by atoms with E-state index in [1.54, 1.807) is 31.4 Å². The maximum Gasteiger partial charge on any atom is 0.196 e. The monoisotopic (exact) mass is 298 g/mol. The number of para-hydroxylation sites is 1. The van der Waals surface area contributed by atoms with Crippen LogP contribution in [-0.4, -0.2) is 29.7 Å². The van der Waals surface area contributed by atoms with E-state index in [0.29, 0.717) is 17.1 Å². The second kappa shape index (κ2) is 5.44. The van der Waals surface area contributed by atoms with Gasteiger partial charge >= 0.3 is 0 Å². The highest BCUT2D eigenvalue weighted by Crippen LogP contribution is 2.34. The zero-order valence-corrected chi connectivity index (χ0v) is 11.9. The fourth-order valence-corrected chi connectivity index (χ4v) is 2.30. The minimum atomic E-state index is -0.426. The summed E-state index contributed by atoms with van der Waals surface area (Å²) in [5.74, 6) is 0.182. The van der Waals surface area contributed by atoms with Gasteiger partial charge < -0.3 is 19.7 Å². The summed E-state index contributed by atoms with van der Waals surface area (Å²) in [6.45, 7) is 0.104. The van der Waals surface area contributed by atoms with Crippen LogP contribution in [0.4, 0.5) is 0 Å². The molecule has 0 atom stereocenters. The number of hydrogen-bond acceptors (Lipinski definition) is 5. The van der Waals surface area contributed by atoms with E-state index in [2.05, 4.69) is 0 Å². The van der Waals surface area contributed by atoms with E-state index in [1.807, 2.05) is 0 Å². The summed E-state index contributed by atoms with van der Waals surface area (Å²) in [7, 11) is 1.56. The molecule has 5 heteroatoms. The molecule has 2 N–H and O–H groups in total. The molecule has 0 bridgehead atoms. The molecule has 0 aliphatic carbocycles. The lowest BCUT2D eigenvalue weighted by Crippen LogP contribution is -2.15. The third-order valence-corrected chi connectivity index (χ3v) is 3.48. The molecule has 0 radical (unpaired) electrons.